The van der Waals surface area contributed by atoms with E-state index in [1.165, 1.54) is 0 Å². The molecule has 112 valence electrons. The first-order chi connectivity index (χ1) is 10.2. The van der Waals surface area contributed by atoms with Crippen LogP contribution in [-0.4, -0.2) is 25.2 Å². The molecule has 2 aliphatic rings. The van der Waals surface area contributed by atoms with Crippen molar-refractivity contribution >= 4 is 17.5 Å². The highest BCUT2D eigenvalue weighted by Crippen LogP contribution is 2.40. The highest BCUT2D eigenvalue weighted by atomic mass is 16.7. The van der Waals surface area contributed by atoms with Gasteiger partial charge in [0.2, 0.25) is 18.6 Å². The van der Waals surface area contributed by atoms with Crippen molar-refractivity contribution in [2.45, 2.75) is 19.8 Å². The molecule has 2 N–H and O–H groups in total. The fourth-order valence-electron chi connectivity index (χ4n) is 2.36. The first-order valence-corrected chi connectivity index (χ1v) is 7.17. The first-order valence-electron chi connectivity index (χ1n) is 7.17. The van der Waals surface area contributed by atoms with Crippen molar-refractivity contribution in [3.8, 4) is 11.5 Å². The summed E-state index contributed by atoms with van der Waals surface area (Å²) in [4.78, 5) is 23.9. The predicted octanol–water partition coefficient (Wildman–Crippen LogP) is 1.52. The van der Waals surface area contributed by atoms with E-state index in [1.54, 1.807) is 18.2 Å². The van der Waals surface area contributed by atoms with Gasteiger partial charge in [-0.05, 0) is 25.0 Å². The molecule has 2 unspecified atom stereocenters. The summed E-state index contributed by atoms with van der Waals surface area (Å²) in [6, 6.07) is 5.25. The lowest BCUT2D eigenvalue weighted by atomic mass is 10.2. The number of fused-ring (bicyclic) bond motifs is 1. The lowest BCUT2D eigenvalue weighted by Gasteiger charge is -2.06. The Balaban J connectivity index is 1.54. The van der Waals surface area contributed by atoms with Crippen molar-refractivity contribution in [1.29, 1.82) is 0 Å². The number of ether oxygens (including phenoxy) is 2. The van der Waals surface area contributed by atoms with E-state index in [0.29, 0.717) is 30.2 Å². The van der Waals surface area contributed by atoms with Gasteiger partial charge >= 0.3 is 0 Å². The average molecular weight is 290 g/mol. The molecule has 3 rings (SSSR count). The number of rotatable bonds is 5. The van der Waals surface area contributed by atoms with Gasteiger partial charge in [-0.1, -0.05) is 6.92 Å². The van der Waals surface area contributed by atoms with Crippen molar-refractivity contribution in [2.75, 3.05) is 18.7 Å². The van der Waals surface area contributed by atoms with E-state index in [0.717, 1.165) is 6.42 Å². The fraction of sp³-hybridized carbons (Fsp3) is 0.467. The predicted molar refractivity (Wildman–Crippen MR) is 76.1 cm³/mol. The van der Waals surface area contributed by atoms with Gasteiger partial charge in [0.15, 0.2) is 11.5 Å². The fourth-order valence-corrected chi connectivity index (χ4v) is 2.36. The molecular formula is C15H18N2O4. The minimum Gasteiger partial charge on any atom is -0.454 e. The van der Waals surface area contributed by atoms with E-state index in [4.69, 9.17) is 9.47 Å². The van der Waals surface area contributed by atoms with Gasteiger partial charge in [0.1, 0.15) is 0 Å². The number of anilines is 1. The Morgan fingerprint density at radius 2 is 1.95 bits per heavy atom. The molecule has 6 nitrogen and oxygen atoms in total. The summed E-state index contributed by atoms with van der Waals surface area (Å²) in [6.45, 7) is 2.86. The highest BCUT2D eigenvalue weighted by Gasteiger charge is 2.47. The topological polar surface area (TPSA) is 76.7 Å². The van der Waals surface area contributed by atoms with Crippen LogP contribution in [0.25, 0.3) is 0 Å². The molecule has 1 fully saturated rings. The number of amides is 2. The smallest absolute Gasteiger partial charge is 0.231 e. The van der Waals surface area contributed by atoms with E-state index in [-0.39, 0.29) is 30.4 Å². The van der Waals surface area contributed by atoms with Gasteiger partial charge in [0.05, 0.1) is 11.8 Å². The number of hydrogen-bond acceptors (Lipinski definition) is 4. The second-order valence-electron chi connectivity index (χ2n) is 5.30. The second kappa shape index (κ2) is 5.63. The minimum atomic E-state index is -0.229. The van der Waals surface area contributed by atoms with Gasteiger partial charge in [-0.15, -0.1) is 0 Å². The summed E-state index contributed by atoms with van der Waals surface area (Å²) in [5, 5.41) is 5.64. The van der Waals surface area contributed by atoms with Crippen molar-refractivity contribution in [3.63, 3.8) is 0 Å². The summed E-state index contributed by atoms with van der Waals surface area (Å²) >= 11 is 0. The van der Waals surface area contributed by atoms with Gasteiger partial charge in [-0.2, -0.15) is 0 Å². The van der Waals surface area contributed by atoms with Gasteiger partial charge in [0, 0.05) is 18.3 Å². The maximum absolute atomic E-state index is 12.1. The Morgan fingerprint density at radius 1 is 1.19 bits per heavy atom. The van der Waals surface area contributed by atoms with Crippen LogP contribution in [0.15, 0.2) is 18.2 Å². The Labute approximate surface area is 122 Å². The average Bonchev–Trinajstić information content (AvgIpc) is 3.16. The van der Waals surface area contributed by atoms with Crippen LogP contribution in [0.4, 0.5) is 5.69 Å². The molecular weight excluding hydrogens is 272 g/mol. The third kappa shape index (κ3) is 2.94. The number of carbonyl (C=O) groups excluding carboxylic acids is 2. The third-order valence-corrected chi connectivity index (χ3v) is 3.65. The lowest BCUT2D eigenvalue weighted by molar-refractivity contribution is -0.125. The molecule has 1 aliphatic heterocycles. The summed E-state index contributed by atoms with van der Waals surface area (Å²) in [6.07, 6.45) is 1.51. The van der Waals surface area contributed by atoms with E-state index in [2.05, 4.69) is 10.6 Å². The Kier molecular flexibility index (Phi) is 3.68. The molecule has 1 aliphatic carbocycles. The molecule has 0 bridgehead atoms. The summed E-state index contributed by atoms with van der Waals surface area (Å²) < 4.78 is 10.5. The van der Waals surface area contributed by atoms with Crippen molar-refractivity contribution in [2.24, 2.45) is 11.8 Å². The standard InChI is InChI=1S/C15H18N2O4/c1-2-5-16-14(18)10-7-11(10)15(19)17-9-3-4-12-13(6-9)21-8-20-12/h3-4,6,10-11H,2,5,7-8H2,1H3,(H,16,18)(H,17,19). The highest BCUT2D eigenvalue weighted by molar-refractivity contribution is 5.99. The summed E-state index contributed by atoms with van der Waals surface area (Å²) in [5.41, 5.74) is 0.656. The molecule has 1 heterocycles. The van der Waals surface area contributed by atoms with Crippen LogP contribution >= 0.6 is 0 Å². The molecule has 21 heavy (non-hydrogen) atoms. The SMILES string of the molecule is CCCNC(=O)C1CC1C(=O)Nc1ccc2c(c1)OCO2. The Morgan fingerprint density at radius 3 is 2.76 bits per heavy atom. The van der Waals surface area contributed by atoms with E-state index < -0.39 is 0 Å². The van der Waals surface area contributed by atoms with Crippen LogP contribution in [-0.2, 0) is 9.59 Å². The lowest BCUT2D eigenvalue weighted by Crippen LogP contribution is -2.27. The normalized spacial score (nSPS) is 21.8. The van der Waals surface area contributed by atoms with Gasteiger partial charge in [0.25, 0.3) is 0 Å². The zero-order valence-corrected chi connectivity index (χ0v) is 11.8. The van der Waals surface area contributed by atoms with Gasteiger partial charge in [-0.25, -0.2) is 0 Å². The van der Waals surface area contributed by atoms with Crippen LogP contribution in [0.1, 0.15) is 19.8 Å². The van der Waals surface area contributed by atoms with Crippen LogP contribution in [0, 0.1) is 11.8 Å². The molecule has 0 aromatic heterocycles. The number of nitrogens with one attached hydrogen (secondary N) is 2. The van der Waals surface area contributed by atoms with Crippen molar-refractivity contribution < 1.29 is 19.1 Å². The first kappa shape index (κ1) is 13.7. The molecule has 2 atom stereocenters. The maximum atomic E-state index is 12.1. The second-order valence-corrected chi connectivity index (χ2v) is 5.30. The van der Waals surface area contributed by atoms with Gasteiger partial charge < -0.3 is 20.1 Å². The van der Waals surface area contributed by atoms with Crippen LogP contribution in [0.5, 0.6) is 11.5 Å². The quantitative estimate of drug-likeness (QED) is 0.862. The molecule has 1 aromatic carbocycles. The van der Waals surface area contributed by atoms with E-state index in [9.17, 15) is 9.59 Å². The molecule has 1 aromatic rings. The zero-order chi connectivity index (χ0) is 14.8. The number of carbonyl (C=O) groups is 2. The summed E-state index contributed by atoms with van der Waals surface area (Å²) in [7, 11) is 0. The summed E-state index contributed by atoms with van der Waals surface area (Å²) in [5.74, 6) is 0.739. The van der Waals surface area contributed by atoms with E-state index in [1.807, 2.05) is 6.92 Å². The van der Waals surface area contributed by atoms with Crippen molar-refractivity contribution in [3.05, 3.63) is 18.2 Å². The molecule has 0 spiro atoms. The minimum absolute atomic E-state index is 0.0253. The molecule has 0 saturated heterocycles. The van der Waals surface area contributed by atoms with Crippen LogP contribution < -0.4 is 20.1 Å². The molecule has 0 radical (unpaired) electrons. The third-order valence-electron chi connectivity index (χ3n) is 3.65. The molecule has 6 heteroatoms. The van der Waals surface area contributed by atoms with Gasteiger partial charge in [-0.3, -0.25) is 9.59 Å². The molecule has 1 saturated carbocycles. The van der Waals surface area contributed by atoms with Crippen molar-refractivity contribution in [1.82, 2.24) is 5.32 Å². The Bertz CT molecular complexity index is 573. The van der Waals surface area contributed by atoms with E-state index >= 15 is 0 Å². The number of benzene rings is 1. The number of hydrogen-bond donors (Lipinski definition) is 2. The van der Waals surface area contributed by atoms with Crippen LogP contribution in [0.3, 0.4) is 0 Å². The van der Waals surface area contributed by atoms with Crippen LogP contribution in [0.2, 0.25) is 0 Å². The largest absolute Gasteiger partial charge is 0.454 e. The molecule has 2 amide bonds. The zero-order valence-electron chi connectivity index (χ0n) is 11.8. The monoisotopic (exact) mass is 290 g/mol. The Hall–Kier alpha value is -2.24. The maximum Gasteiger partial charge on any atom is 0.231 e.